The summed E-state index contributed by atoms with van der Waals surface area (Å²) in [5.41, 5.74) is 1.15. The van der Waals surface area contributed by atoms with Crippen molar-refractivity contribution in [3.05, 3.63) is 35.4 Å². The topological polar surface area (TPSA) is 63.2 Å². The van der Waals surface area contributed by atoms with Crippen molar-refractivity contribution in [1.29, 1.82) is 0 Å². The number of sulfone groups is 1. The summed E-state index contributed by atoms with van der Waals surface area (Å²) >= 11 is 0. The number of hydrogen-bond donors (Lipinski definition) is 1. The standard InChI is InChI=1S/C13H19NO3S/c1-3-4-8-14-13(15)12-7-5-6-11(9-12)10-18(2,16)17/h5-7,9H,3-4,8,10H2,1-2H3,(H,14,15). The highest BCUT2D eigenvalue weighted by Gasteiger charge is 2.08. The molecule has 0 aliphatic carbocycles. The molecular formula is C13H19NO3S. The molecule has 0 heterocycles. The maximum absolute atomic E-state index is 11.8. The summed E-state index contributed by atoms with van der Waals surface area (Å²) in [6.07, 6.45) is 3.14. The zero-order valence-corrected chi connectivity index (χ0v) is 11.6. The van der Waals surface area contributed by atoms with Crippen LogP contribution in [0.2, 0.25) is 0 Å². The Bertz CT molecular complexity index is 509. The summed E-state index contributed by atoms with van der Waals surface area (Å²) in [5.74, 6) is -0.192. The third-order valence-electron chi connectivity index (χ3n) is 2.43. The monoisotopic (exact) mass is 269 g/mol. The molecule has 0 aliphatic heterocycles. The van der Waals surface area contributed by atoms with Crippen LogP contribution in [0.3, 0.4) is 0 Å². The van der Waals surface area contributed by atoms with E-state index in [1.807, 2.05) is 0 Å². The smallest absolute Gasteiger partial charge is 0.251 e. The average Bonchev–Trinajstić information content (AvgIpc) is 2.27. The number of nitrogens with one attached hydrogen (secondary N) is 1. The fourth-order valence-corrected chi connectivity index (χ4v) is 2.37. The lowest BCUT2D eigenvalue weighted by atomic mass is 10.1. The normalized spacial score (nSPS) is 11.2. The Hall–Kier alpha value is -1.36. The third kappa shape index (κ3) is 5.31. The van der Waals surface area contributed by atoms with Gasteiger partial charge in [0.15, 0.2) is 9.84 Å². The van der Waals surface area contributed by atoms with E-state index in [-0.39, 0.29) is 11.7 Å². The highest BCUT2D eigenvalue weighted by molar-refractivity contribution is 7.89. The molecule has 1 aromatic rings. The van der Waals surface area contributed by atoms with E-state index in [0.29, 0.717) is 17.7 Å². The van der Waals surface area contributed by atoms with Crippen LogP contribution in [-0.2, 0) is 15.6 Å². The van der Waals surface area contributed by atoms with Gasteiger partial charge >= 0.3 is 0 Å². The average molecular weight is 269 g/mol. The van der Waals surface area contributed by atoms with Gasteiger partial charge in [0.2, 0.25) is 0 Å². The second-order valence-electron chi connectivity index (χ2n) is 4.38. The number of amides is 1. The number of hydrogen-bond acceptors (Lipinski definition) is 3. The van der Waals surface area contributed by atoms with Gasteiger partial charge in [0.25, 0.3) is 5.91 Å². The van der Waals surface area contributed by atoms with E-state index in [9.17, 15) is 13.2 Å². The van der Waals surface area contributed by atoms with Crippen LogP contribution in [0, 0.1) is 0 Å². The van der Waals surface area contributed by atoms with Crippen molar-refractivity contribution >= 4 is 15.7 Å². The molecule has 1 aromatic carbocycles. The SMILES string of the molecule is CCCCNC(=O)c1cccc(CS(C)(=O)=O)c1. The lowest BCUT2D eigenvalue weighted by molar-refractivity contribution is 0.0953. The molecule has 0 unspecified atom stereocenters. The van der Waals surface area contributed by atoms with Crippen molar-refractivity contribution in [3.8, 4) is 0 Å². The van der Waals surface area contributed by atoms with E-state index in [0.717, 1.165) is 12.8 Å². The Balaban J connectivity index is 2.72. The Morgan fingerprint density at radius 3 is 2.67 bits per heavy atom. The first-order valence-electron chi connectivity index (χ1n) is 5.97. The number of benzene rings is 1. The summed E-state index contributed by atoms with van der Waals surface area (Å²) in [5, 5.41) is 2.80. The van der Waals surface area contributed by atoms with Crippen molar-refractivity contribution in [2.45, 2.75) is 25.5 Å². The molecule has 18 heavy (non-hydrogen) atoms. The number of carbonyl (C=O) groups is 1. The van der Waals surface area contributed by atoms with Crippen molar-refractivity contribution < 1.29 is 13.2 Å². The molecule has 0 aliphatic rings. The van der Waals surface area contributed by atoms with E-state index < -0.39 is 9.84 Å². The maximum atomic E-state index is 11.8. The molecule has 0 spiro atoms. The van der Waals surface area contributed by atoms with E-state index in [2.05, 4.69) is 12.2 Å². The number of rotatable bonds is 6. The van der Waals surface area contributed by atoms with Gasteiger partial charge in [0.05, 0.1) is 5.75 Å². The predicted octanol–water partition coefficient (Wildman–Crippen LogP) is 1.76. The van der Waals surface area contributed by atoms with E-state index >= 15 is 0 Å². The summed E-state index contributed by atoms with van der Waals surface area (Å²) in [4.78, 5) is 11.8. The zero-order chi connectivity index (χ0) is 13.6. The van der Waals surface area contributed by atoms with Crippen molar-refractivity contribution in [2.75, 3.05) is 12.8 Å². The highest BCUT2D eigenvalue weighted by Crippen LogP contribution is 2.08. The van der Waals surface area contributed by atoms with Gasteiger partial charge in [0.1, 0.15) is 0 Å². The molecule has 1 N–H and O–H groups in total. The molecule has 1 rings (SSSR count). The lowest BCUT2D eigenvalue weighted by Gasteiger charge is -2.06. The molecule has 4 nitrogen and oxygen atoms in total. The van der Waals surface area contributed by atoms with Crippen LogP contribution in [0.1, 0.15) is 35.7 Å². The van der Waals surface area contributed by atoms with Crippen molar-refractivity contribution in [1.82, 2.24) is 5.32 Å². The molecule has 0 aromatic heterocycles. The van der Waals surface area contributed by atoms with Crippen LogP contribution in [0.15, 0.2) is 24.3 Å². The first-order chi connectivity index (χ1) is 8.42. The number of unbranched alkanes of at least 4 members (excludes halogenated alkanes) is 1. The molecule has 0 radical (unpaired) electrons. The van der Waals surface area contributed by atoms with Crippen molar-refractivity contribution in [3.63, 3.8) is 0 Å². The van der Waals surface area contributed by atoms with E-state index in [1.165, 1.54) is 6.26 Å². The van der Waals surface area contributed by atoms with E-state index in [4.69, 9.17) is 0 Å². The molecule has 1 amide bonds. The summed E-state index contributed by atoms with van der Waals surface area (Å²) in [6.45, 7) is 2.70. The summed E-state index contributed by atoms with van der Waals surface area (Å²) in [6, 6.07) is 6.73. The molecular weight excluding hydrogens is 250 g/mol. The van der Waals surface area contributed by atoms with Crippen LogP contribution in [0.25, 0.3) is 0 Å². The van der Waals surface area contributed by atoms with Gasteiger partial charge in [-0.05, 0) is 24.1 Å². The van der Waals surface area contributed by atoms with Gasteiger partial charge in [0, 0.05) is 18.4 Å². The van der Waals surface area contributed by atoms with Gasteiger partial charge < -0.3 is 5.32 Å². The molecule has 0 saturated heterocycles. The van der Waals surface area contributed by atoms with Crippen molar-refractivity contribution in [2.24, 2.45) is 0 Å². The van der Waals surface area contributed by atoms with Gasteiger partial charge in [-0.3, -0.25) is 4.79 Å². The molecule has 5 heteroatoms. The predicted molar refractivity (Wildman–Crippen MR) is 72.2 cm³/mol. The largest absolute Gasteiger partial charge is 0.352 e. The Labute approximate surface area is 108 Å². The molecule has 0 fully saturated rings. The van der Waals surface area contributed by atoms with Crippen LogP contribution in [0.5, 0.6) is 0 Å². The zero-order valence-electron chi connectivity index (χ0n) is 10.8. The van der Waals surface area contributed by atoms with Gasteiger partial charge in [-0.2, -0.15) is 0 Å². The minimum atomic E-state index is -3.07. The third-order valence-corrected chi connectivity index (χ3v) is 3.29. The maximum Gasteiger partial charge on any atom is 0.251 e. The fraction of sp³-hybridized carbons (Fsp3) is 0.462. The molecule has 0 bridgehead atoms. The Kier molecular flexibility index (Phi) is 5.34. The molecule has 0 atom stereocenters. The molecule has 100 valence electrons. The summed E-state index contributed by atoms with van der Waals surface area (Å²) < 4.78 is 22.4. The van der Waals surface area contributed by atoms with Crippen LogP contribution in [-0.4, -0.2) is 27.1 Å². The Morgan fingerprint density at radius 1 is 1.33 bits per heavy atom. The first kappa shape index (κ1) is 14.7. The van der Waals surface area contributed by atoms with Crippen LogP contribution >= 0.6 is 0 Å². The quantitative estimate of drug-likeness (QED) is 0.800. The van der Waals surface area contributed by atoms with Crippen LogP contribution < -0.4 is 5.32 Å². The lowest BCUT2D eigenvalue weighted by Crippen LogP contribution is -2.24. The second-order valence-corrected chi connectivity index (χ2v) is 6.52. The minimum absolute atomic E-state index is 0.0386. The van der Waals surface area contributed by atoms with Crippen LogP contribution in [0.4, 0.5) is 0 Å². The number of carbonyl (C=O) groups excluding carboxylic acids is 1. The summed E-state index contributed by atoms with van der Waals surface area (Å²) in [7, 11) is -3.07. The molecule has 0 saturated carbocycles. The fourth-order valence-electron chi connectivity index (χ4n) is 1.59. The van der Waals surface area contributed by atoms with Gasteiger partial charge in [-0.1, -0.05) is 25.5 Å². The van der Waals surface area contributed by atoms with Gasteiger partial charge in [-0.15, -0.1) is 0 Å². The van der Waals surface area contributed by atoms with E-state index in [1.54, 1.807) is 24.3 Å². The van der Waals surface area contributed by atoms with Gasteiger partial charge in [-0.25, -0.2) is 8.42 Å². The minimum Gasteiger partial charge on any atom is -0.352 e. The second kappa shape index (κ2) is 6.54. The highest BCUT2D eigenvalue weighted by atomic mass is 32.2. The Morgan fingerprint density at radius 2 is 2.06 bits per heavy atom. The first-order valence-corrected chi connectivity index (χ1v) is 8.03.